The second kappa shape index (κ2) is 12.5. The predicted octanol–water partition coefficient (Wildman–Crippen LogP) is 5.55. The molecule has 0 saturated carbocycles. The highest BCUT2D eigenvalue weighted by molar-refractivity contribution is 6.30. The minimum atomic E-state index is -4.65. The molecule has 3 aromatic rings. The van der Waals surface area contributed by atoms with Crippen molar-refractivity contribution in [2.45, 2.75) is 63.1 Å². The number of rotatable bonds is 6. The van der Waals surface area contributed by atoms with E-state index < -0.39 is 54.5 Å². The van der Waals surface area contributed by atoms with Gasteiger partial charge in [0.2, 0.25) is 5.91 Å². The number of nitrogens with one attached hydrogen (secondary N) is 1. The zero-order valence-electron chi connectivity index (χ0n) is 22.8. The summed E-state index contributed by atoms with van der Waals surface area (Å²) in [7, 11) is 0. The summed E-state index contributed by atoms with van der Waals surface area (Å²) in [4.78, 5) is 38.7. The first-order valence-corrected chi connectivity index (χ1v) is 14.0. The van der Waals surface area contributed by atoms with E-state index in [0.29, 0.717) is 29.7 Å². The number of nitrogens with zero attached hydrogens (tertiary/aromatic N) is 1. The SMILES string of the molecule is NC(=O)c1ccc(NC(=O)C(CC2CCCCO2)n2cc3c(cc2=O)-c2cc(Cl)ccc2CC(C(F)(F)F)OC3)cc1F. The molecule has 5 rings (SSSR count). The van der Waals surface area contributed by atoms with Gasteiger partial charge >= 0.3 is 6.18 Å². The molecule has 3 unspecified atom stereocenters. The minimum Gasteiger partial charge on any atom is -0.378 e. The highest BCUT2D eigenvalue weighted by Gasteiger charge is 2.42. The molecule has 1 fully saturated rings. The minimum absolute atomic E-state index is 0.0151. The first-order chi connectivity index (χ1) is 20.4. The number of ether oxygens (including phenoxy) is 2. The van der Waals surface area contributed by atoms with Crippen LogP contribution in [0.2, 0.25) is 5.02 Å². The fraction of sp³-hybridized carbons (Fsp3) is 0.367. The number of carbonyl (C=O) groups excluding carboxylic acids is 2. The molecule has 2 aliphatic rings. The first kappa shape index (κ1) is 30.7. The molecule has 3 heterocycles. The zero-order valence-corrected chi connectivity index (χ0v) is 23.5. The van der Waals surface area contributed by atoms with Gasteiger partial charge in [-0.05, 0) is 66.3 Å². The Balaban J connectivity index is 1.56. The van der Waals surface area contributed by atoms with Gasteiger partial charge in [0.15, 0.2) is 6.10 Å². The Morgan fingerprint density at radius 1 is 1.07 bits per heavy atom. The molecular formula is C30H28ClF4N3O5. The lowest BCUT2D eigenvalue weighted by atomic mass is 9.92. The van der Waals surface area contributed by atoms with Gasteiger partial charge in [-0.15, -0.1) is 0 Å². The van der Waals surface area contributed by atoms with Crippen LogP contribution in [0.5, 0.6) is 0 Å². The number of anilines is 1. The predicted molar refractivity (Wildman–Crippen MR) is 150 cm³/mol. The van der Waals surface area contributed by atoms with Crippen molar-refractivity contribution < 1.29 is 36.6 Å². The number of halogens is 5. The Kier molecular flexibility index (Phi) is 8.91. The van der Waals surface area contributed by atoms with Crippen LogP contribution >= 0.6 is 11.6 Å². The van der Waals surface area contributed by atoms with Gasteiger partial charge in [-0.1, -0.05) is 17.7 Å². The molecule has 13 heteroatoms. The number of alkyl halides is 3. The van der Waals surface area contributed by atoms with Crippen LogP contribution in [-0.2, 0) is 27.3 Å². The third kappa shape index (κ3) is 6.92. The smallest absolute Gasteiger partial charge is 0.378 e. The van der Waals surface area contributed by atoms with E-state index in [1.54, 1.807) is 0 Å². The maximum absolute atomic E-state index is 14.4. The zero-order chi connectivity index (χ0) is 30.9. The van der Waals surface area contributed by atoms with E-state index in [9.17, 15) is 31.9 Å². The number of hydrogen-bond donors (Lipinski definition) is 2. The van der Waals surface area contributed by atoms with Crippen LogP contribution in [0.25, 0.3) is 11.1 Å². The van der Waals surface area contributed by atoms with Crippen molar-refractivity contribution in [1.29, 1.82) is 0 Å². The Morgan fingerprint density at radius 3 is 2.51 bits per heavy atom. The fourth-order valence-electron chi connectivity index (χ4n) is 5.45. The second-order valence-corrected chi connectivity index (χ2v) is 11.0. The van der Waals surface area contributed by atoms with Gasteiger partial charge in [0.05, 0.1) is 18.3 Å². The average Bonchev–Trinajstić information content (AvgIpc) is 2.94. The molecule has 0 spiro atoms. The average molecular weight is 622 g/mol. The lowest BCUT2D eigenvalue weighted by Crippen LogP contribution is -2.38. The number of amides is 2. The van der Waals surface area contributed by atoms with Crippen LogP contribution in [0, 0.1) is 5.82 Å². The van der Waals surface area contributed by atoms with Crippen molar-refractivity contribution in [3.8, 4) is 11.1 Å². The van der Waals surface area contributed by atoms with E-state index >= 15 is 0 Å². The normalized spacial score (nSPS) is 19.4. The van der Waals surface area contributed by atoms with Crippen molar-refractivity contribution in [2.75, 3.05) is 11.9 Å². The number of aromatic nitrogens is 1. The highest BCUT2D eigenvalue weighted by Crippen LogP contribution is 2.37. The number of benzene rings is 2. The molecule has 2 aromatic carbocycles. The van der Waals surface area contributed by atoms with Crippen LogP contribution in [0.4, 0.5) is 23.2 Å². The van der Waals surface area contributed by atoms with Gasteiger partial charge in [0.1, 0.15) is 11.9 Å². The third-order valence-electron chi connectivity index (χ3n) is 7.64. The number of nitrogens with two attached hydrogens (primary N) is 1. The molecule has 2 amide bonds. The molecule has 0 bridgehead atoms. The van der Waals surface area contributed by atoms with Crippen LogP contribution < -0.4 is 16.6 Å². The topological polar surface area (TPSA) is 113 Å². The van der Waals surface area contributed by atoms with Crippen LogP contribution in [0.3, 0.4) is 0 Å². The van der Waals surface area contributed by atoms with Gasteiger partial charge in [0.25, 0.3) is 11.5 Å². The van der Waals surface area contributed by atoms with E-state index in [4.69, 9.17) is 26.8 Å². The summed E-state index contributed by atoms with van der Waals surface area (Å²) in [5.41, 5.74) is 5.48. The van der Waals surface area contributed by atoms with E-state index in [-0.39, 0.29) is 34.4 Å². The van der Waals surface area contributed by atoms with Crippen molar-refractivity contribution in [1.82, 2.24) is 4.57 Å². The lowest BCUT2D eigenvalue weighted by molar-refractivity contribution is -0.223. The number of carbonyl (C=O) groups is 2. The summed E-state index contributed by atoms with van der Waals surface area (Å²) in [6, 6.07) is 7.88. The molecule has 1 aromatic heterocycles. The molecule has 1 saturated heterocycles. The Morgan fingerprint density at radius 2 is 1.84 bits per heavy atom. The summed E-state index contributed by atoms with van der Waals surface area (Å²) < 4.78 is 68.1. The highest BCUT2D eigenvalue weighted by atomic mass is 35.5. The molecule has 0 radical (unpaired) electrons. The van der Waals surface area contributed by atoms with Crippen molar-refractivity contribution in [3.63, 3.8) is 0 Å². The summed E-state index contributed by atoms with van der Waals surface area (Å²) in [6.45, 7) is -0.0120. The summed E-state index contributed by atoms with van der Waals surface area (Å²) in [5, 5.41) is 2.85. The maximum Gasteiger partial charge on any atom is 0.414 e. The van der Waals surface area contributed by atoms with Gasteiger partial charge in [-0.2, -0.15) is 13.2 Å². The molecule has 8 nitrogen and oxygen atoms in total. The molecule has 43 heavy (non-hydrogen) atoms. The number of pyridine rings is 1. The van der Waals surface area contributed by atoms with E-state index in [1.165, 1.54) is 36.5 Å². The standard InChI is InChI=1S/C30H28ClF4N3O5/c31-18-5-4-16-9-26(30(33,34)35)43-15-17-14-38(27(39)13-23(17)22(16)10-18)25(12-20-3-1-2-8-42-20)29(41)37-19-6-7-21(28(36)40)24(32)11-19/h4-7,10-11,13-14,20,25-26H,1-3,8-9,12,15H2,(H2,36,40)(H,37,41). The Labute approximate surface area is 248 Å². The van der Waals surface area contributed by atoms with Crippen LogP contribution in [0.15, 0.2) is 53.5 Å². The van der Waals surface area contributed by atoms with Crippen molar-refractivity contribution in [3.05, 3.63) is 86.5 Å². The van der Waals surface area contributed by atoms with Gasteiger partial charge in [-0.3, -0.25) is 14.4 Å². The number of primary amides is 1. The van der Waals surface area contributed by atoms with E-state index in [2.05, 4.69) is 5.32 Å². The molecular weight excluding hydrogens is 594 g/mol. The summed E-state index contributed by atoms with van der Waals surface area (Å²) in [5.74, 6) is -2.61. The number of hydrogen-bond acceptors (Lipinski definition) is 5. The third-order valence-corrected chi connectivity index (χ3v) is 7.87. The van der Waals surface area contributed by atoms with Crippen molar-refractivity contribution >= 4 is 29.1 Å². The first-order valence-electron chi connectivity index (χ1n) is 13.6. The second-order valence-electron chi connectivity index (χ2n) is 10.6. The Bertz CT molecular complexity index is 1600. The van der Waals surface area contributed by atoms with E-state index in [0.717, 1.165) is 29.5 Å². The largest absolute Gasteiger partial charge is 0.414 e. The fourth-order valence-corrected chi connectivity index (χ4v) is 5.62. The Hall–Kier alpha value is -3.74. The molecule has 2 aliphatic heterocycles. The van der Waals surface area contributed by atoms with Gasteiger partial charge in [-0.25, -0.2) is 4.39 Å². The van der Waals surface area contributed by atoms with E-state index in [1.807, 2.05) is 0 Å². The number of fused-ring (bicyclic) bond motifs is 3. The monoisotopic (exact) mass is 621 g/mol. The van der Waals surface area contributed by atoms with Gasteiger partial charge in [0, 0.05) is 48.0 Å². The molecule has 0 aliphatic carbocycles. The summed E-state index contributed by atoms with van der Waals surface area (Å²) in [6.07, 6.45) is -3.87. The lowest BCUT2D eigenvalue weighted by Gasteiger charge is -2.29. The van der Waals surface area contributed by atoms with Gasteiger partial charge < -0.3 is 25.1 Å². The molecule has 3 atom stereocenters. The quantitative estimate of drug-likeness (QED) is 0.351. The maximum atomic E-state index is 14.4. The van der Waals surface area contributed by atoms with Crippen molar-refractivity contribution in [2.24, 2.45) is 5.73 Å². The van der Waals surface area contributed by atoms with Crippen LogP contribution in [-0.4, -0.2) is 41.4 Å². The molecule has 3 N–H and O–H groups in total. The molecule has 228 valence electrons. The van der Waals surface area contributed by atoms with Crippen LogP contribution in [0.1, 0.15) is 53.2 Å². The summed E-state index contributed by atoms with van der Waals surface area (Å²) >= 11 is 6.19.